The zero-order chi connectivity index (χ0) is 14.9. The zero-order valence-electron chi connectivity index (χ0n) is 13.6. The summed E-state index contributed by atoms with van der Waals surface area (Å²) >= 11 is 0. The maximum Gasteiger partial charge on any atom is 0.319 e. The Kier molecular flexibility index (Phi) is 17.3. The van der Waals surface area contributed by atoms with Crippen molar-refractivity contribution in [1.82, 2.24) is 0 Å². The molecular formula is C16H35O3P. The average molecular weight is 306 g/mol. The third-order valence-corrected chi connectivity index (χ3v) is 4.32. The number of rotatable bonds is 16. The van der Waals surface area contributed by atoms with Gasteiger partial charge in [0.1, 0.15) is 0 Å². The molecular weight excluding hydrogens is 271 g/mol. The predicted octanol–water partition coefficient (Wildman–Crippen LogP) is 6.13. The van der Waals surface area contributed by atoms with Crippen LogP contribution >= 0.6 is 8.25 Å². The van der Waals surface area contributed by atoms with Crippen LogP contribution in [0.15, 0.2) is 0 Å². The van der Waals surface area contributed by atoms with Gasteiger partial charge in [0.2, 0.25) is 0 Å². The van der Waals surface area contributed by atoms with Crippen molar-refractivity contribution in [2.45, 2.75) is 90.9 Å². The van der Waals surface area contributed by atoms with E-state index in [1.54, 1.807) is 0 Å². The molecule has 0 aliphatic heterocycles. The van der Waals surface area contributed by atoms with E-state index in [4.69, 9.17) is 9.05 Å². The second-order valence-corrected chi connectivity index (χ2v) is 6.56. The van der Waals surface area contributed by atoms with Gasteiger partial charge in [0, 0.05) is 0 Å². The first kappa shape index (κ1) is 20.1. The number of hydrogen-bond donors (Lipinski definition) is 0. The molecule has 0 aromatic rings. The van der Waals surface area contributed by atoms with E-state index in [9.17, 15) is 4.57 Å². The smallest absolute Gasteiger partial charge is 0.311 e. The third-order valence-electron chi connectivity index (χ3n) is 3.44. The van der Waals surface area contributed by atoms with Crippen LogP contribution in [0.25, 0.3) is 0 Å². The minimum absolute atomic E-state index is 0.562. The van der Waals surface area contributed by atoms with Crippen LogP contribution in [0.4, 0.5) is 0 Å². The van der Waals surface area contributed by atoms with Gasteiger partial charge in [-0.3, -0.25) is 4.57 Å². The highest BCUT2D eigenvalue weighted by Gasteiger charge is 1.99. The van der Waals surface area contributed by atoms with Crippen LogP contribution in [0.2, 0.25) is 0 Å². The zero-order valence-corrected chi connectivity index (χ0v) is 14.6. The van der Waals surface area contributed by atoms with Crippen molar-refractivity contribution < 1.29 is 13.6 Å². The molecule has 20 heavy (non-hydrogen) atoms. The Bertz CT molecular complexity index is 210. The van der Waals surface area contributed by atoms with Gasteiger partial charge < -0.3 is 9.05 Å². The molecule has 0 aliphatic carbocycles. The lowest BCUT2D eigenvalue weighted by atomic mass is 10.1. The Morgan fingerprint density at radius 1 is 0.600 bits per heavy atom. The molecule has 122 valence electrons. The Labute approximate surface area is 126 Å². The Balaban J connectivity index is 3.07. The molecule has 0 amide bonds. The molecule has 0 rings (SSSR count). The van der Waals surface area contributed by atoms with E-state index >= 15 is 0 Å². The number of unbranched alkanes of at least 4 members (excludes halogenated alkanes) is 10. The lowest BCUT2D eigenvalue weighted by Crippen LogP contribution is -1.91. The van der Waals surface area contributed by atoms with Crippen LogP contribution in [-0.4, -0.2) is 13.2 Å². The fraction of sp³-hybridized carbons (Fsp3) is 1.00. The fourth-order valence-electron chi connectivity index (χ4n) is 2.09. The second kappa shape index (κ2) is 17.2. The second-order valence-electron chi connectivity index (χ2n) is 5.48. The van der Waals surface area contributed by atoms with Gasteiger partial charge in [-0.15, -0.1) is 0 Å². The van der Waals surface area contributed by atoms with Crippen LogP contribution in [0, 0.1) is 0 Å². The maximum atomic E-state index is 11.3. The quantitative estimate of drug-likeness (QED) is 0.254. The van der Waals surface area contributed by atoms with Gasteiger partial charge in [-0.1, -0.05) is 78.1 Å². The van der Waals surface area contributed by atoms with Crippen molar-refractivity contribution in [2.75, 3.05) is 13.2 Å². The molecule has 1 unspecified atom stereocenters. The topological polar surface area (TPSA) is 35.5 Å². The molecule has 4 heteroatoms. The van der Waals surface area contributed by atoms with E-state index in [2.05, 4.69) is 13.8 Å². The molecule has 3 nitrogen and oxygen atoms in total. The van der Waals surface area contributed by atoms with E-state index < -0.39 is 8.25 Å². The van der Waals surface area contributed by atoms with Gasteiger partial charge in [-0.2, -0.15) is 0 Å². The maximum absolute atomic E-state index is 11.3. The SMILES string of the molecule is CCCCCCCCCCCCO[PH](=O)OCCCC. The summed E-state index contributed by atoms with van der Waals surface area (Å²) in [6.45, 7) is 5.49. The molecule has 0 fully saturated rings. The van der Waals surface area contributed by atoms with Crippen molar-refractivity contribution in [3.05, 3.63) is 0 Å². The molecule has 0 bridgehead atoms. The molecule has 0 aromatic heterocycles. The highest BCUT2D eigenvalue weighted by atomic mass is 31.1. The van der Waals surface area contributed by atoms with E-state index in [1.165, 1.54) is 57.8 Å². The normalized spacial score (nSPS) is 12.7. The van der Waals surface area contributed by atoms with E-state index in [0.717, 1.165) is 19.3 Å². The summed E-state index contributed by atoms with van der Waals surface area (Å²) in [5.41, 5.74) is 0. The number of hydrogen-bond acceptors (Lipinski definition) is 3. The van der Waals surface area contributed by atoms with E-state index in [0.29, 0.717) is 13.2 Å². The predicted molar refractivity (Wildman–Crippen MR) is 87.7 cm³/mol. The fourth-order valence-corrected chi connectivity index (χ4v) is 2.79. The van der Waals surface area contributed by atoms with Gasteiger partial charge in [0.15, 0.2) is 0 Å². The third kappa shape index (κ3) is 16.2. The summed E-state index contributed by atoms with van der Waals surface area (Å²) in [5, 5.41) is 0. The van der Waals surface area contributed by atoms with Crippen LogP contribution < -0.4 is 0 Å². The van der Waals surface area contributed by atoms with Crippen molar-refractivity contribution >= 4 is 8.25 Å². The van der Waals surface area contributed by atoms with Crippen molar-refractivity contribution in [3.8, 4) is 0 Å². The Morgan fingerprint density at radius 3 is 1.50 bits per heavy atom. The lowest BCUT2D eigenvalue weighted by Gasteiger charge is -2.05. The Hall–Kier alpha value is 0.150. The summed E-state index contributed by atoms with van der Waals surface area (Å²) in [6.07, 6.45) is 15.1. The molecule has 0 saturated heterocycles. The van der Waals surface area contributed by atoms with Crippen LogP contribution in [-0.2, 0) is 13.6 Å². The molecule has 0 spiro atoms. The average Bonchev–Trinajstić information content (AvgIpc) is 2.45. The minimum atomic E-state index is -2.22. The van der Waals surface area contributed by atoms with E-state index in [1.807, 2.05) is 0 Å². The summed E-state index contributed by atoms with van der Waals surface area (Å²) in [4.78, 5) is 0. The summed E-state index contributed by atoms with van der Waals surface area (Å²) in [6, 6.07) is 0. The molecule has 0 N–H and O–H groups in total. The van der Waals surface area contributed by atoms with Gasteiger partial charge in [0.05, 0.1) is 13.2 Å². The molecule has 1 atom stereocenters. The first-order valence-corrected chi connectivity index (χ1v) is 9.83. The minimum Gasteiger partial charge on any atom is -0.311 e. The standard InChI is InChI=1S/C16H35O3P/c1-3-5-7-8-9-10-11-12-13-14-16-19-20(17)18-15-6-4-2/h20H,3-16H2,1-2H3. The highest BCUT2D eigenvalue weighted by Crippen LogP contribution is 2.24. The largest absolute Gasteiger partial charge is 0.319 e. The summed E-state index contributed by atoms with van der Waals surface area (Å²) in [7, 11) is -2.22. The van der Waals surface area contributed by atoms with Gasteiger partial charge in [-0.25, -0.2) is 0 Å². The van der Waals surface area contributed by atoms with Crippen molar-refractivity contribution in [2.24, 2.45) is 0 Å². The molecule has 0 saturated carbocycles. The summed E-state index contributed by atoms with van der Waals surface area (Å²) in [5.74, 6) is 0. The lowest BCUT2D eigenvalue weighted by molar-refractivity contribution is 0.219. The molecule has 0 heterocycles. The summed E-state index contributed by atoms with van der Waals surface area (Å²) < 4.78 is 21.6. The highest BCUT2D eigenvalue weighted by molar-refractivity contribution is 7.33. The molecule has 0 aromatic carbocycles. The molecule has 0 aliphatic rings. The Morgan fingerprint density at radius 2 is 1.00 bits per heavy atom. The van der Waals surface area contributed by atoms with Crippen LogP contribution in [0.3, 0.4) is 0 Å². The monoisotopic (exact) mass is 306 g/mol. The van der Waals surface area contributed by atoms with Crippen LogP contribution in [0.1, 0.15) is 90.9 Å². The first-order chi connectivity index (χ1) is 9.81. The molecule has 0 radical (unpaired) electrons. The van der Waals surface area contributed by atoms with Gasteiger partial charge >= 0.3 is 8.25 Å². The van der Waals surface area contributed by atoms with Gasteiger partial charge in [0.25, 0.3) is 0 Å². The van der Waals surface area contributed by atoms with Crippen molar-refractivity contribution in [1.29, 1.82) is 0 Å². The first-order valence-electron chi connectivity index (χ1n) is 8.60. The van der Waals surface area contributed by atoms with Gasteiger partial charge in [-0.05, 0) is 12.8 Å². The van der Waals surface area contributed by atoms with E-state index in [-0.39, 0.29) is 0 Å². The van der Waals surface area contributed by atoms with Crippen LogP contribution in [0.5, 0.6) is 0 Å². The van der Waals surface area contributed by atoms with Crippen molar-refractivity contribution in [3.63, 3.8) is 0 Å².